The van der Waals surface area contributed by atoms with Gasteiger partial charge in [0.15, 0.2) is 12.6 Å². The highest BCUT2D eigenvalue weighted by atomic mass is 16.6. The second kappa shape index (κ2) is 20.0. The zero-order valence-corrected chi connectivity index (χ0v) is 31.8. The number of guanidine groups is 1. The lowest BCUT2D eigenvalue weighted by Gasteiger charge is -2.21. The zero-order chi connectivity index (χ0) is 40.7. The van der Waals surface area contributed by atoms with Gasteiger partial charge in [0.25, 0.3) is 11.8 Å². The van der Waals surface area contributed by atoms with Gasteiger partial charge in [-0.2, -0.15) is 0 Å². The van der Waals surface area contributed by atoms with Crippen LogP contribution in [0.3, 0.4) is 0 Å². The van der Waals surface area contributed by atoms with Crippen molar-refractivity contribution in [2.45, 2.75) is 25.5 Å². The summed E-state index contributed by atoms with van der Waals surface area (Å²) in [5, 5.41) is 17.7. The fourth-order valence-corrected chi connectivity index (χ4v) is 6.37. The summed E-state index contributed by atoms with van der Waals surface area (Å²) >= 11 is 0. The van der Waals surface area contributed by atoms with Crippen LogP contribution in [0, 0.1) is 5.41 Å². The van der Waals surface area contributed by atoms with Crippen LogP contribution in [-0.2, 0) is 21.0 Å². The van der Waals surface area contributed by atoms with Gasteiger partial charge in [-0.15, -0.1) is 5.73 Å². The Morgan fingerprint density at radius 1 is 0.897 bits per heavy atom. The number of hydrogen-bond acceptors (Lipinski definition) is 7. The molecule has 0 heterocycles. The maximum absolute atomic E-state index is 13.7. The first kappa shape index (κ1) is 40.3. The Kier molecular flexibility index (Phi) is 13.9. The largest absolute Gasteiger partial charge is 0.489 e. The Balaban J connectivity index is 1.20. The highest BCUT2D eigenvalue weighted by Gasteiger charge is 2.24. The van der Waals surface area contributed by atoms with E-state index in [1.54, 1.807) is 24.3 Å². The monoisotopic (exact) mass is 776 g/mol. The normalized spacial score (nSPS) is 11.8. The summed E-state index contributed by atoms with van der Waals surface area (Å²) < 4.78 is 12.5. The Labute approximate surface area is 336 Å². The molecular weight excluding hydrogens is 733 g/mol. The van der Waals surface area contributed by atoms with Crippen molar-refractivity contribution in [3.63, 3.8) is 0 Å². The SMILES string of the molecule is C=CCOc1ccc2c(c1-c1c(OCC(=O)N[C@H](CCCNC(=N)N)C(=O)Nc3cccc(C(=O)NOCc4ccccc4)c3)ccc3ccccc13)C=C=CC=C2. The van der Waals surface area contributed by atoms with E-state index in [-0.39, 0.29) is 31.2 Å². The third-order valence-electron chi connectivity index (χ3n) is 9.07. The quantitative estimate of drug-likeness (QED) is 0.0139. The summed E-state index contributed by atoms with van der Waals surface area (Å²) in [6.07, 6.45) is 9.93. The summed E-state index contributed by atoms with van der Waals surface area (Å²) in [6.45, 7) is 4.17. The summed E-state index contributed by atoms with van der Waals surface area (Å²) in [4.78, 5) is 45.6. The minimum absolute atomic E-state index is 0.181. The number of amides is 3. The Morgan fingerprint density at radius 3 is 2.52 bits per heavy atom. The zero-order valence-electron chi connectivity index (χ0n) is 31.8. The van der Waals surface area contributed by atoms with Crippen LogP contribution < -0.4 is 36.6 Å². The minimum Gasteiger partial charge on any atom is -0.489 e. The van der Waals surface area contributed by atoms with Crippen LogP contribution in [0.25, 0.3) is 34.1 Å². The molecule has 1 aliphatic rings. The third-order valence-corrected chi connectivity index (χ3v) is 9.07. The van der Waals surface area contributed by atoms with Gasteiger partial charge in [-0.05, 0) is 77.2 Å². The van der Waals surface area contributed by atoms with Crippen LogP contribution in [-0.4, -0.2) is 49.5 Å². The van der Waals surface area contributed by atoms with Gasteiger partial charge in [0.2, 0.25) is 5.91 Å². The number of hydrogen-bond donors (Lipinski definition) is 6. The molecule has 0 saturated carbocycles. The molecule has 5 aromatic carbocycles. The second-order valence-electron chi connectivity index (χ2n) is 13.2. The molecule has 0 fully saturated rings. The third kappa shape index (κ3) is 10.7. The fraction of sp³-hybridized carbons (Fsp3) is 0.152. The van der Waals surface area contributed by atoms with E-state index in [0.29, 0.717) is 30.2 Å². The van der Waals surface area contributed by atoms with E-state index >= 15 is 0 Å². The van der Waals surface area contributed by atoms with E-state index in [2.05, 4.69) is 33.7 Å². The van der Waals surface area contributed by atoms with E-state index in [1.807, 2.05) is 103 Å². The van der Waals surface area contributed by atoms with Crippen LogP contribution in [0.4, 0.5) is 5.69 Å². The van der Waals surface area contributed by atoms with E-state index in [1.165, 1.54) is 6.07 Å². The molecule has 5 aromatic rings. The van der Waals surface area contributed by atoms with Crippen molar-refractivity contribution in [2.24, 2.45) is 5.73 Å². The molecule has 294 valence electrons. The first-order valence-electron chi connectivity index (χ1n) is 18.7. The van der Waals surface area contributed by atoms with E-state index in [0.717, 1.165) is 38.6 Å². The Bertz CT molecular complexity index is 2400. The lowest BCUT2D eigenvalue weighted by Crippen LogP contribution is -2.46. The number of ether oxygens (including phenoxy) is 2. The Morgan fingerprint density at radius 2 is 1.69 bits per heavy atom. The van der Waals surface area contributed by atoms with Crippen molar-refractivity contribution in [1.82, 2.24) is 16.1 Å². The van der Waals surface area contributed by atoms with Gasteiger partial charge < -0.3 is 31.2 Å². The summed E-state index contributed by atoms with van der Waals surface area (Å²) in [7, 11) is 0. The maximum Gasteiger partial charge on any atom is 0.274 e. The molecule has 7 N–H and O–H groups in total. The molecule has 6 rings (SSSR count). The van der Waals surface area contributed by atoms with Gasteiger partial charge in [0.1, 0.15) is 24.1 Å². The number of carbonyl (C=O) groups excluding carboxylic acids is 3. The molecule has 0 unspecified atom stereocenters. The molecule has 0 aromatic heterocycles. The van der Waals surface area contributed by atoms with Gasteiger partial charge in [0, 0.05) is 34.5 Å². The Hall–Kier alpha value is -7.40. The summed E-state index contributed by atoms with van der Waals surface area (Å²) in [5.74, 6) is -0.705. The molecule has 0 radical (unpaired) electrons. The van der Waals surface area contributed by atoms with E-state index < -0.39 is 30.4 Å². The lowest BCUT2D eigenvalue weighted by atomic mass is 9.90. The molecule has 0 saturated heterocycles. The number of rotatable bonds is 18. The van der Waals surface area contributed by atoms with Crippen LogP contribution in [0.15, 0.2) is 134 Å². The molecule has 1 aliphatic carbocycles. The molecule has 0 aliphatic heterocycles. The topological polar surface area (TPSA) is 177 Å². The van der Waals surface area contributed by atoms with Crippen molar-refractivity contribution < 1.29 is 28.7 Å². The predicted octanol–water partition coefficient (Wildman–Crippen LogP) is 6.89. The number of anilines is 1. The van der Waals surface area contributed by atoms with Gasteiger partial charge in [0.05, 0.1) is 6.61 Å². The molecule has 12 nitrogen and oxygen atoms in total. The van der Waals surface area contributed by atoms with Gasteiger partial charge in [-0.1, -0.05) is 97.6 Å². The van der Waals surface area contributed by atoms with Crippen LogP contribution in [0.1, 0.15) is 39.9 Å². The average Bonchev–Trinajstić information content (AvgIpc) is 3.49. The van der Waals surface area contributed by atoms with Crippen LogP contribution in [0.2, 0.25) is 0 Å². The number of hydroxylamine groups is 1. The molecule has 0 spiro atoms. The number of nitrogens with two attached hydrogens (primary N) is 1. The highest BCUT2D eigenvalue weighted by Crippen LogP contribution is 2.45. The lowest BCUT2D eigenvalue weighted by molar-refractivity contribution is -0.128. The van der Waals surface area contributed by atoms with Crippen molar-refractivity contribution in [3.05, 3.63) is 156 Å². The number of benzene rings is 5. The van der Waals surface area contributed by atoms with Gasteiger partial charge >= 0.3 is 0 Å². The maximum atomic E-state index is 13.7. The highest BCUT2D eigenvalue weighted by molar-refractivity contribution is 6.04. The minimum atomic E-state index is -1.000. The summed E-state index contributed by atoms with van der Waals surface area (Å²) in [6, 6.07) is 30.3. The van der Waals surface area contributed by atoms with Crippen molar-refractivity contribution in [3.8, 4) is 22.6 Å². The molecule has 3 amide bonds. The molecule has 58 heavy (non-hydrogen) atoms. The number of carbonyl (C=O) groups is 3. The summed E-state index contributed by atoms with van der Waals surface area (Å²) in [5.41, 5.74) is 15.9. The number of allylic oxidation sites excluding steroid dienone is 2. The molecule has 12 heteroatoms. The number of nitrogens with one attached hydrogen (secondary N) is 5. The van der Waals surface area contributed by atoms with Crippen molar-refractivity contribution >= 4 is 52.3 Å². The van der Waals surface area contributed by atoms with Gasteiger partial charge in [-0.3, -0.25) is 24.6 Å². The first-order chi connectivity index (χ1) is 28.3. The molecular formula is C46H44N6O6. The van der Waals surface area contributed by atoms with Crippen molar-refractivity contribution in [2.75, 3.05) is 25.1 Å². The van der Waals surface area contributed by atoms with Gasteiger partial charge in [-0.25, -0.2) is 5.48 Å². The van der Waals surface area contributed by atoms with Crippen LogP contribution in [0.5, 0.6) is 11.5 Å². The fourth-order valence-electron chi connectivity index (χ4n) is 6.37. The molecule has 0 bridgehead atoms. The standard InChI is InChI=1S/C46H44N6O6/c1-2-27-56-39-24-22-32-15-7-4-8-19-36(32)42(39)43-37-20-10-9-16-33(37)23-25-40(43)57-30-41(53)51-38(21-12-26-49-46(47)48)45(55)50-35-18-11-17-34(28-35)44(54)52-58-29-31-13-5-3-6-14-31/h2-7,9-11,13-20,22-25,28,38H,1,12,21,26-27,29-30H2,(H,50,55)(H,51,53)(H,52,54)(H4,47,48,49)/t38-/m1/s1. The number of fused-ring (bicyclic) bond motifs is 2. The second-order valence-corrected chi connectivity index (χ2v) is 13.2. The predicted molar refractivity (Wildman–Crippen MR) is 227 cm³/mol. The van der Waals surface area contributed by atoms with Crippen LogP contribution >= 0.6 is 0 Å². The average molecular weight is 777 g/mol. The first-order valence-corrected chi connectivity index (χ1v) is 18.7. The van der Waals surface area contributed by atoms with E-state index in [9.17, 15) is 14.4 Å². The molecule has 1 atom stereocenters. The van der Waals surface area contributed by atoms with Crippen molar-refractivity contribution in [1.29, 1.82) is 5.41 Å². The smallest absolute Gasteiger partial charge is 0.274 e. The van der Waals surface area contributed by atoms with E-state index in [4.69, 9.17) is 25.5 Å².